The van der Waals surface area contributed by atoms with Crippen LogP contribution < -0.4 is 4.74 Å². The highest BCUT2D eigenvalue weighted by atomic mass is 79.9. The average Bonchev–Trinajstić information content (AvgIpc) is 1.98. The van der Waals surface area contributed by atoms with Crippen molar-refractivity contribution in [2.45, 2.75) is 13.8 Å². The molecule has 0 fully saturated rings. The van der Waals surface area contributed by atoms with Crippen LogP contribution in [0.25, 0.3) is 0 Å². The van der Waals surface area contributed by atoms with E-state index in [1.165, 1.54) is 6.92 Å². The van der Waals surface area contributed by atoms with Crippen molar-refractivity contribution in [3.8, 4) is 5.75 Å². The first-order chi connectivity index (χ1) is 5.61. The maximum atomic E-state index is 10.6. The van der Waals surface area contributed by atoms with Crippen LogP contribution in [0.2, 0.25) is 0 Å². The minimum Gasteiger partial charge on any atom is -0.426 e. The van der Waals surface area contributed by atoms with Gasteiger partial charge in [-0.3, -0.25) is 4.79 Å². The molecule has 0 bridgehead atoms. The SMILES string of the molecule is CC(=O)Oc1cccc(C)c1Br. The molecule has 64 valence electrons. The van der Waals surface area contributed by atoms with Gasteiger partial charge in [0.05, 0.1) is 4.47 Å². The third-order valence-corrected chi connectivity index (χ3v) is 2.43. The zero-order valence-electron chi connectivity index (χ0n) is 6.93. The molecule has 0 unspecified atom stereocenters. The summed E-state index contributed by atoms with van der Waals surface area (Å²) in [5.41, 5.74) is 1.05. The molecule has 0 N–H and O–H groups in total. The van der Waals surface area contributed by atoms with Crippen LogP contribution in [0, 0.1) is 6.92 Å². The molecule has 2 nitrogen and oxygen atoms in total. The van der Waals surface area contributed by atoms with Crippen LogP contribution >= 0.6 is 15.9 Å². The molecule has 0 heterocycles. The number of aryl methyl sites for hydroxylation is 1. The second-order valence-electron chi connectivity index (χ2n) is 2.48. The Morgan fingerprint density at radius 3 is 2.75 bits per heavy atom. The molecule has 0 aliphatic carbocycles. The van der Waals surface area contributed by atoms with Crippen LogP contribution in [0.1, 0.15) is 12.5 Å². The van der Waals surface area contributed by atoms with E-state index < -0.39 is 0 Å². The van der Waals surface area contributed by atoms with Gasteiger partial charge in [0, 0.05) is 6.92 Å². The standard InChI is InChI=1S/C9H9BrO2/c1-6-4-3-5-8(9(6)10)12-7(2)11/h3-5H,1-2H3. The number of carbonyl (C=O) groups is 1. The van der Waals surface area contributed by atoms with Gasteiger partial charge in [-0.1, -0.05) is 12.1 Å². The summed E-state index contributed by atoms with van der Waals surface area (Å²) >= 11 is 3.33. The molecule has 0 saturated heterocycles. The first kappa shape index (κ1) is 9.26. The number of hydrogen-bond acceptors (Lipinski definition) is 2. The van der Waals surface area contributed by atoms with E-state index in [1.54, 1.807) is 6.07 Å². The van der Waals surface area contributed by atoms with Gasteiger partial charge in [0.25, 0.3) is 0 Å². The van der Waals surface area contributed by atoms with E-state index in [9.17, 15) is 4.79 Å². The predicted molar refractivity (Wildman–Crippen MR) is 50.2 cm³/mol. The monoisotopic (exact) mass is 228 g/mol. The molecule has 0 atom stereocenters. The van der Waals surface area contributed by atoms with E-state index in [4.69, 9.17) is 4.74 Å². The Morgan fingerprint density at radius 1 is 1.50 bits per heavy atom. The third-order valence-electron chi connectivity index (χ3n) is 1.41. The number of halogens is 1. The van der Waals surface area contributed by atoms with Crippen molar-refractivity contribution in [2.24, 2.45) is 0 Å². The Hall–Kier alpha value is -0.830. The molecule has 0 aliphatic rings. The minimum absolute atomic E-state index is 0.304. The van der Waals surface area contributed by atoms with Gasteiger partial charge in [-0.15, -0.1) is 0 Å². The molecule has 1 aromatic rings. The maximum Gasteiger partial charge on any atom is 0.308 e. The zero-order valence-corrected chi connectivity index (χ0v) is 8.51. The lowest BCUT2D eigenvalue weighted by Crippen LogP contribution is -2.02. The fraction of sp³-hybridized carbons (Fsp3) is 0.222. The Kier molecular flexibility index (Phi) is 2.87. The molecule has 0 aromatic heterocycles. The molecule has 0 amide bonds. The lowest BCUT2D eigenvalue weighted by atomic mass is 10.2. The molecule has 0 spiro atoms. The second kappa shape index (κ2) is 3.72. The number of hydrogen-bond donors (Lipinski definition) is 0. The van der Waals surface area contributed by atoms with Crippen LogP contribution in [-0.4, -0.2) is 5.97 Å². The number of rotatable bonds is 1. The van der Waals surface area contributed by atoms with E-state index in [0.29, 0.717) is 5.75 Å². The van der Waals surface area contributed by atoms with Crippen LogP contribution in [0.15, 0.2) is 22.7 Å². The maximum absolute atomic E-state index is 10.6. The van der Waals surface area contributed by atoms with E-state index in [1.807, 2.05) is 19.1 Å². The molecule has 0 radical (unpaired) electrons. The van der Waals surface area contributed by atoms with Crippen molar-refractivity contribution >= 4 is 21.9 Å². The summed E-state index contributed by atoms with van der Waals surface area (Å²) in [6, 6.07) is 5.54. The van der Waals surface area contributed by atoms with Gasteiger partial charge < -0.3 is 4.74 Å². The Bertz CT molecular complexity index is 307. The lowest BCUT2D eigenvalue weighted by Gasteiger charge is -2.05. The number of benzene rings is 1. The lowest BCUT2D eigenvalue weighted by molar-refractivity contribution is -0.131. The van der Waals surface area contributed by atoms with Crippen molar-refractivity contribution in [1.29, 1.82) is 0 Å². The van der Waals surface area contributed by atoms with E-state index in [-0.39, 0.29) is 5.97 Å². The van der Waals surface area contributed by atoms with Gasteiger partial charge in [0.1, 0.15) is 5.75 Å². The van der Waals surface area contributed by atoms with Gasteiger partial charge in [0.2, 0.25) is 0 Å². The Morgan fingerprint density at radius 2 is 2.17 bits per heavy atom. The fourth-order valence-electron chi connectivity index (χ4n) is 0.854. The van der Waals surface area contributed by atoms with Crippen molar-refractivity contribution in [3.05, 3.63) is 28.2 Å². The summed E-state index contributed by atoms with van der Waals surface area (Å²) in [7, 11) is 0. The van der Waals surface area contributed by atoms with Gasteiger partial charge in [-0.05, 0) is 34.5 Å². The summed E-state index contributed by atoms with van der Waals surface area (Å²) in [6.45, 7) is 3.33. The van der Waals surface area contributed by atoms with Crippen molar-refractivity contribution in [1.82, 2.24) is 0 Å². The molecule has 12 heavy (non-hydrogen) atoms. The van der Waals surface area contributed by atoms with E-state index >= 15 is 0 Å². The van der Waals surface area contributed by atoms with Crippen molar-refractivity contribution < 1.29 is 9.53 Å². The van der Waals surface area contributed by atoms with Gasteiger partial charge >= 0.3 is 5.97 Å². The second-order valence-corrected chi connectivity index (χ2v) is 3.27. The summed E-state index contributed by atoms with van der Waals surface area (Å²) in [6.07, 6.45) is 0. The van der Waals surface area contributed by atoms with Crippen LogP contribution in [0.4, 0.5) is 0 Å². The van der Waals surface area contributed by atoms with Crippen LogP contribution in [0.3, 0.4) is 0 Å². The predicted octanol–water partition coefficient (Wildman–Crippen LogP) is 2.68. The van der Waals surface area contributed by atoms with Crippen LogP contribution in [0.5, 0.6) is 5.75 Å². The molecule has 0 saturated carbocycles. The van der Waals surface area contributed by atoms with Gasteiger partial charge in [0.15, 0.2) is 0 Å². The Labute approximate surface area is 79.7 Å². The highest BCUT2D eigenvalue weighted by molar-refractivity contribution is 9.10. The summed E-state index contributed by atoms with van der Waals surface area (Å²) in [4.78, 5) is 10.6. The third kappa shape index (κ3) is 2.08. The molecule has 1 rings (SSSR count). The number of carbonyl (C=O) groups excluding carboxylic acids is 1. The quantitative estimate of drug-likeness (QED) is 0.546. The fourth-order valence-corrected chi connectivity index (χ4v) is 1.20. The zero-order chi connectivity index (χ0) is 9.14. The first-order valence-corrected chi connectivity index (χ1v) is 4.34. The Balaban J connectivity index is 3.00. The molecule has 3 heteroatoms. The van der Waals surface area contributed by atoms with Gasteiger partial charge in [-0.25, -0.2) is 0 Å². The molecule has 1 aromatic carbocycles. The molecular weight excluding hydrogens is 220 g/mol. The highest BCUT2D eigenvalue weighted by Gasteiger charge is 2.04. The van der Waals surface area contributed by atoms with Crippen molar-refractivity contribution in [3.63, 3.8) is 0 Å². The topological polar surface area (TPSA) is 26.3 Å². The van der Waals surface area contributed by atoms with E-state index in [0.717, 1.165) is 10.0 Å². The normalized spacial score (nSPS) is 9.58. The van der Waals surface area contributed by atoms with Gasteiger partial charge in [-0.2, -0.15) is 0 Å². The summed E-state index contributed by atoms with van der Waals surface area (Å²) in [5.74, 6) is 0.267. The first-order valence-electron chi connectivity index (χ1n) is 3.55. The highest BCUT2D eigenvalue weighted by Crippen LogP contribution is 2.27. The summed E-state index contributed by atoms with van der Waals surface area (Å²) < 4.78 is 5.77. The van der Waals surface area contributed by atoms with Crippen LogP contribution in [-0.2, 0) is 4.79 Å². The molecular formula is C9H9BrO2. The summed E-state index contributed by atoms with van der Waals surface area (Å²) in [5, 5.41) is 0. The largest absolute Gasteiger partial charge is 0.426 e. The average molecular weight is 229 g/mol. The minimum atomic E-state index is -0.304. The smallest absolute Gasteiger partial charge is 0.308 e. The molecule has 0 aliphatic heterocycles. The van der Waals surface area contributed by atoms with E-state index in [2.05, 4.69) is 15.9 Å². The number of esters is 1. The van der Waals surface area contributed by atoms with Crippen molar-refractivity contribution in [2.75, 3.05) is 0 Å². The number of ether oxygens (including phenoxy) is 1.